The molecule has 2 aromatic rings. The maximum atomic E-state index is 13.2. The molecule has 32 heavy (non-hydrogen) atoms. The summed E-state index contributed by atoms with van der Waals surface area (Å²) in [5.74, 6) is 0.578. The highest BCUT2D eigenvalue weighted by molar-refractivity contribution is 6.47. The Bertz CT molecular complexity index is 1020. The summed E-state index contributed by atoms with van der Waals surface area (Å²) in [4.78, 5) is 21.1. The van der Waals surface area contributed by atoms with E-state index >= 15 is 0 Å². The van der Waals surface area contributed by atoms with E-state index in [1.165, 1.54) is 4.90 Å². The number of nitrogens with one attached hydrogen (secondary N) is 3. The average Bonchev–Trinajstić information content (AvgIpc) is 3.35. The first-order valence-corrected chi connectivity index (χ1v) is 10.3. The van der Waals surface area contributed by atoms with Crippen LogP contribution in [0.1, 0.15) is 18.4 Å². The zero-order chi connectivity index (χ0) is 22.8. The molecule has 1 saturated heterocycles. The number of H-pyrrole nitrogens is 1. The summed E-state index contributed by atoms with van der Waals surface area (Å²) in [6.07, 6.45) is -1.08. The predicted molar refractivity (Wildman–Crippen MR) is 114 cm³/mol. The Balaban J connectivity index is 1.52. The second kappa shape index (κ2) is 8.70. The van der Waals surface area contributed by atoms with E-state index in [1.807, 2.05) is 31.2 Å². The average molecular weight is 447 g/mol. The Morgan fingerprint density at radius 3 is 2.69 bits per heavy atom. The molecule has 4 rings (SSSR count). The van der Waals surface area contributed by atoms with Crippen LogP contribution in [0.5, 0.6) is 5.75 Å². The number of nitrogens with zero attached hydrogens (tertiary/aromatic N) is 2. The van der Waals surface area contributed by atoms with Crippen LogP contribution in [0, 0.1) is 6.92 Å². The summed E-state index contributed by atoms with van der Waals surface area (Å²) < 4.78 is 45.8. The number of aromatic nitrogens is 1. The van der Waals surface area contributed by atoms with Crippen molar-refractivity contribution in [2.24, 2.45) is 4.99 Å². The monoisotopic (exact) mass is 447 g/mol. The molecule has 1 atom stereocenters. The van der Waals surface area contributed by atoms with Gasteiger partial charge in [-0.1, -0.05) is 17.7 Å². The Kier molecular flexibility index (Phi) is 5.96. The second-order valence-corrected chi connectivity index (χ2v) is 7.80. The molecule has 1 aromatic heterocycles. The van der Waals surface area contributed by atoms with Crippen LogP contribution < -0.4 is 15.4 Å². The predicted octanol–water partition coefficient (Wildman–Crippen LogP) is 3.58. The number of benzene rings is 1. The number of rotatable bonds is 8. The van der Waals surface area contributed by atoms with Crippen molar-refractivity contribution < 1.29 is 22.7 Å². The fourth-order valence-corrected chi connectivity index (χ4v) is 3.85. The third kappa shape index (κ3) is 4.50. The third-order valence-corrected chi connectivity index (χ3v) is 5.50. The lowest BCUT2D eigenvalue weighted by Gasteiger charge is -2.39. The molecule has 0 saturated carbocycles. The van der Waals surface area contributed by atoms with Crippen molar-refractivity contribution in [3.8, 4) is 5.75 Å². The van der Waals surface area contributed by atoms with Gasteiger partial charge in [-0.15, -0.1) is 0 Å². The number of anilines is 1. The van der Waals surface area contributed by atoms with E-state index in [9.17, 15) is 18.0 Å². The highest BCUT2D eigenvalue weighted by Crippen LogP contribution is 2.36. The Labute approximate surface area is 183 Å². The fraction of sp³-hybridized carbons (Fsp3) is 0.364. The SMILES string of the molecule is Cc1ccc(OC2(CNCNc3ccc[nH]3)CCCN2C(=O)C2=NC=C2C(F)(F)F)cc1. The minimum Gasteiger partial charge on any atom is -0.467 e. The zero-order valence-corrected chi connectivity index (χ0v) is 17.5. The number of aryl methyl sites for hydroxylation is 1. The number of amides is 1. The number of hydrogen-bond acceptors (Lipinski definition) is 5. The van der Waals surface area contributed by atoms with Crippen LogP contribution in [0.3, 0.4) is 0 Å². The summed E-state index contributed by atoms with van der Waals surface area (Å²) in [5, 5.41) is 6.36. The first-order valence-electron chi connectivity index (χ1n) is 10.3. The van der Waals surface area contributed by atoms with Crippen LogP contribution in [0.25, 0.3) is 0 Å². The number of alkyl halides is 3. The Hall–Kier alpha value is -3.27. The maximum Gasteiger partial charge on any atom is 0.420 e. The highest BCUT2D eigenvalue weighted by atomic mass is 19.4. The molecule has 1 unspecified atom stereocenters. The van der Waals surface area contributed by atoms with E-state index in [0.29, 0.717) is 31.5 Å². The van der Waals surface area contributed by atoms with Crippen LogP contribution in [-0.2, 0) is 4.79 Å². The topological polar surface area (TPSA) is 81.8 Å². The second-order valence-electron chi connectivity index (χ2n) is 7.80. The molecular formula is C22H24F3N5O2. The summed E-state index contributed by atoms with van der Waals surface area (Å²) in [5.41, 5.74) is -1.66. The number of carbonyl (C=O) groups is 1. The standard InChI is InChI=1S/C22H24F3N5O2/c1-15-5-7-16(8-6-15)32-21(13-26-14-29-18-4-2-10-27-18)9-3-11-30(21)20(31)19-17(12-28-19)22(23,24)25/h2,4-8,10,12,26-27,29H,3,9,11,13-14H2,1H3. The summed E-state index contributed by atoms with van der Waals surface area (Å²) in [7, 11) is 0. The van der Waals surface area contributed by atoms with Crippen molar-refractivity contribution in [2.45, 2.75) is 31.7 Å². The van der Waals surface area contributed by atoms with Gasteiger partial charge in [0.05, 0.1) is 13.2 Å². The lowest BCUT2D eigenvalue weighted by atomic mass is 10.0. The molecule has 0 aliphatic carbocycles. The lowest BCUT2D eigenvalue weighted by Crippen LogP contribution is -2.60. The van der Waals surface area contributed by atoms with Gasteiger partial charge in [-0.25, -0.2) is 4.99 Å². The number of aliphatic imine (C=N–C) groups is 1. The third-order valence-electron chi connectivity index (χ3n) is 5.50. The number of hydrogen-bond donors (Lipinski definition) is 3. The molecular weight excluding hydrogens is 423 g/mol. The minimum atomic E-state index is -4.62. The van der Waals surface area contributed by atoms with Gasteiger partial charge in [0.2, 0.25) is 0 Å². The maximum absolute atomic E-state index is 13.2. The van der Waals surface area contributed by atoms with Crippen molar-refractivity contribution in [1.29, 1.82) is 0 Å². The van der Waals surface area contributed by atoms with Gasteiger partial charge in [0.25, 0.3) is 5.91 Å². The molecule has 7 nitrogen and oxygen atoms in total. The van der Waals surface area contributed by atoms with Crippen LogP contribution in [0.2, 0.25) is 0 Å². The first kappa shape index (κ1) is 21.9. The van der Waals surface area contributed by atoms with Crippen molar-refractivity contribution in [2.75, 3.05) is 25.1 Å². The molecule has 0 spiro atoms. The molecule has 2 aliphatic rings. The number of aromatic amines is 1. The smallest absolute Gasteiger partial charge is 0.420 e. The summed E-state index contributed by atoms with van der Waals surface area (Å²) in [6.45, 7) is 2.81. The molecule has 3 N–H and O–H groups in total. The first-order chi connectivity index (χ1) is 15.3. The van der Waals surface area contributed by atoms with E-state index in [4.69, 9.17) is 4.74 Å². The van der Waals surface area contributed by atoms with Gasteiger partial charge in [0.15, 0.2) is 5.72 Å². The minimum absolute atomic E-state index is 0.221. The molecule has 2 aliphatic heterocycles. The van der Waals surface area contributed by atoms with Crippen LogP contribution >= 0.6 is 0 Å². The number of carbonyl (C=O) groups excluding carboxylic acids is 1. The van der Waals surface area contributed by atoms with Gasteiger partial charge in [0, 0.05) is 25.4 Å². The molecule has 170 valence electrons. The van der Waals surface area contributed by atoms with Crippen molar-refractivity contribution >= 4 is 17.4 Å². The van der Waals surface area contributed by atoms with Crippen LogP contribution in [-0.4, -0.2) is 53.2 Å². The van der Waals surface area contributed by atoms with Gasteiger partial charge in [0.1, 0.15) is 22.9 Å². The highest BCUT2D eigenvalue weighted by Gasteiger charge is 2.51. The molecule has 10 heteroatoms. The van der Waals surface area contributed by atoms with Gasteiger partial charge < -0.3 is 15.0 Å². The Morgan fingerprint density at radius 1 is 1.28 bits per heavy atom. The zero-order valence-electron chi connectivity index (χ0n) is 17.5. The van der Waals surface area contributed by atoms with Crippen molar-refractivity contribution in [1.82, 2.24) is 15.2 Å². The van der Waals surface area contributed by atoms with Gasteiger partial charge in [-0.05, 0) is 37.6 Å². The lowest BCUT2D eigenvalue weighted by molar-refractivity contribution is -0.140. The molecule has 0 bridgehead atoms. The number of halogens is 3. The number of likely N-dealkylation sites (tertiary alicyclic amines) is 1. The van der Waals surface area contributed by atoms with Crippen LogP contribution in [0.15, 0.2) is 59.4 Å². The molecule has 0 radical (unpaired) electrons. The quantitative estimate of drug-likeness (QED) is 0.427. The van der Waals surface area contributed by atoms with E-state index < -0.39 is 29.1 Å². The molecule has 1 aromatic carbocycles. The normalized spacial score (nSPS) is 20.4. The van der Waals surface area contributed by atoms with Gasteiger partial charge in [-0.3, -0.25) is 15.0 Å². The Morgan fingerprint density at radius 2 is 2.06 bits per heavy atom. The van der Waals surface area contributed by atoms with Crippen molar-refractivity contribution in [3.05, 3.63) is 59.9 Å². The number of ether oxygens (including phenoxy) is 1. The van der Waals surface area contributed by atoms with Gasteiger partial charge in [-0.2, -0.15) is 13.2 Å². The molecule has 1 amide bonds. The largest absolute Gasteiger partial charge is 0.467 e. The van der Waals surface area contributed by atoms with Crippen LogP contribution in [0.4, 0.5) is 19.0 Å². The van der Waals surface area contributed by atoms with E-state index in [1.54, 1.807) is 18.3 Å². The molecule has 1 fully saturated rings. The van der Waals surface area contributed by atoms with E-state index in [0.717, 1.165) is 11.4 Å². The van der Waals surface area contributed by atoms with Gasteiger partial charge >= 0.3 is 6.18 Å². The van der Waals surface area contributed by atoms with Crippen molar-refractivity contribution in [3.63, 3.8) is 0 Å². The fourth-order valence-electron chi connectivity index (χ4n) is 3.85. The molecule has 3 heterocycles. The van der Waals surface area contributed by atoms with E-state index in [2.05, 4.69) is 20.6 Å². The van der Waals surface area contributed by atoms with E-state index in [-0.39, 0.29) is 13.1 Å². The summed E-state index contributed by atoms with van der Waals surface area (Å²) in [6, 6.07) is 11.1. The summed E-state index contributed by atoms with van der Waals surface area (Å²) >= 11 is 0.